The summed E-state index contributed by atoms with van der Waals surface area (Å²) in [6, 6.07) is 13.5. The maximum absolute atomic E-state index is 13.4. The van der Waals surface area contributed by atoms with Crippen molar-refractivity contribution in [1.29, 1.82) is 5.26 Å². The third-order valence-corrected chi connectivity index (χ3v) is 3.76. The molecule has 0 heterocycles. The minimum Gasteiger partial charge on any atom is -0.388 e. The van der Waals surface area contributed by atoms with Crippen LogP contribution in [0.3, 0.4) is 0 Å². The molecule has 0 aliphatic heterocycles. The summed E-state index contributed by atoms with van der Waals surface area (Å²) in [5.74, 6) is -0.343. The molecule has 4 heteroatoms. The summed E-state index contributed by atoms with van der Waals surface area (Å²) in [6.07, 6.45) is -0.421. The van der Waals surface area contributed by atoms with Crippen LogP contribution in [0.25, 0.3) is 0 Å². The minimum atomic E-state index is -0.731. The van der Waals surface area contributed by atoms with Crippen LogP contribution in [-0.4, -0.2) is 5.11 Å². The number of rotatable bonds is 3. The standard InChI is InChI=1S/C15H11BrFNO/c16-15-12(2-1-3-13(15)17)8-14(19)11-6-4-10(9-18)5-7-11/h1-7,14,19H,8H2. The molecule has 0 amide bonds. The van der Waals surface area contributed by atoms with Gasteiger partial charge in [0.15, 0.2) is 0 Å². The van der Waals surface area contributed by atoms with Crippen molar-refractivity contribution in [1.82, 2.24) is 0 Å². The molecule has 2 nitrogen and oxygen atoms in total. The van der Waals surface area contributed by atoms with E-state index in [4.69, 9.17) is 5.26 Å². The average molecular weight is 320 g/mol. The Morgan fingerprint density at radius 1 is 1.21 bits per heavy atom. The lowest BCUT2D eigenvalue weighted by molar-refractivity contribution is 0.178. The molecule has 1 atom stereocenters. The van der Waals surface area contributed by atoms with E-state index >= 15 is 0 Å². The Hall–Kier alpha value is -1.70. The van der Waals surface area contributed by atoms with Crippen LogP contribution < -0.4 is 0 Å². The van der Waals surface area contributed by atoms with E-state index in [0.29, 0.717) is 27.6 Å². The molecule has 1 N–H and O–H groups in total. The van der Waals surface area contributed by atoms with Gasteiger partial charge in [-0.2, -0.15) is 5.26 Å². The van der Waals surface area contributed by atoms with Gasteiger partial charge < -0.3 is 5.11 Å². The predicted octanol–water partition coefficient (Wildman–Crippen LogP) is 3.74. The lowest BCUT2D eigenvalue weighted by atomic mass is 10.0. The van der Waals surface area contributed by atoms with Gasteiger partial charge >= 0.3 is 0 Å². The lowest BCUT2D eigenvalue weighted by Gasteiger charge is -2.12. The molecule has 0 bridgehead atoms. The van der Waals surface area contributed by atoms with Crippen LogP contribution >= 0.6 is 15.9 Å². The van der Waals surface area contributed by atoms with Crippen LogP contribution in [0.1, 0.15) is 22.8 Å². The molecule has 0 spiro atoms. The maximum Gasteiger partial charge on any atom is 0.137 e. The lowest BCUT2D eigenvalue weighted by Crippen LogP contribution is -2.03. The highest BCUT2D eigenvalue weighted by Crippen LogP contribution is 2.26. The van der Waals surface area contributed by atoms with Gasteiger partial charge in [-0.05, 0) is 45.3 Å². The van der Waals surface area contributed by atoms with Crippen molar-refractivity contribution < 1.29 is 9.50 Å². The van der Waals surface area contributed by atoms with Gasteiger partial charge in [0.1, 0.15) is 5.82 Å². The highest BCUT2D eigenvalue weighted by molar-refractivity contribution is 9.10. The molecule has 19 heavy (non-hydrogen) atoms. The Labute approximate surface area is 119 Å². The fourth-order valence-electron chi connectivity index (χ4n) is 1.81. The number of halogens is 2. The molecule has 96 valence electrons. The first-order valence-electron chi connectivity index (χ1n) is 5.73. The molecular formula is C15H11BrFNO. The Balaban J connectivity index is 2.18. The Morgan fingerprint density at radius 2 is 1.89 bits per heavy atom. The minimum absolute atomic E-state index is 0.310. The molecular weight excluding hydrogens is 309 g/mol. The number of nitriles is 1. The van der Waals surface area contributed by atoms with E-state index in [1.54, 1.807) is 36.4 Å². The number of benzene rings is 2. The smallest absolute Gasteiger partial charge is 0.137 e. The molecule has 0 fully saturated rings. The SMILES string of the molecule is N#Cc1ccc(C(O)Cc2cccc(F)c2Br)cc1. The van der Waals surface area contributed by atoms with Crippen molar-refractivity contribution in [2.45, 2.75) is 12.5 Å². The number of aliphatic hydroxyl groups is 1. The number of nitrogens with zero attached hydrogens (tertiary/aromatic N) is 1. The molecule has 1 unspecified atom stereocenters. The predicted molar refractivity (Wildman–Crippen MR) is 73.9 cm³/mol. The van der Waals surface area contributed by atoms with E-state index in [2.05, 4.69) is 15.9 Å². The molecule has 0 saturated heterocycles. The second-order valence-corrected chi connectivity index (χ2v) is 4.96. The first-order valence-corrected chi connectivity index (χ1v) is 6.52. The Morgan fingerprint density at radius 3 is 2.53 bits per heavy atom. The van der Waals surface area contributed by atoms with Gasteiger partial charge in [-0.15, -0.1) is 0 Å². The summed E-state index contributed by atoms with van der Waals surface area (Å²) in [7, 11) is 0. The Bertz CT molecular complexity index is 619. The van der Waals surface area contributed by atoms with Gasteiger partial charge in [-0.1, -0.05) is 24.3 Å². The van der Waals surface area contributed by atoms with E-state index in [0.717, 1.165) is 0 Å². The fourth-order valence-corrected chi connectivity index (χ4v) is 2.24. The monoisotopic (exact) mass is 319 g/mol. The summed E-state index contributed by atoms with van der Waals surface area (Å²) < 4.78 is 13.7. The van der Waals surface area contributed by atoms with E-state index in [1.807, 2.05) is 6.07 Å². The zero-order valence-electron chi connectivity index (χ0n) is 9.98. The zero-order valence-corrected chi connectivity index (χ0v) is 11.6. The topological polar surface area (TPSA) is 44.0 Å². The summed E-state index contributed by atoms with van der Waals surface area (Å²) in [5, 5.41) is 18.8. The summed E-state index contributed by atoms with van der Waals surface area (Å²) in [5.41, 5.74) is 1.95. The van der Waals surface area contributed by atoms with Crippen molar-refractivity contribution in [3.8, 4) is 6.07 Å². The van der Waals surface area contributed by atoms with E-state index in [1.165, 1.54) is 6.07 Å². The molecule has 0 aromatic heterocycles. The second-order valence-electron chi connectivity index (χ2n) is 4.17. The molecule has 0 radical (unpaired) electrons. The number of hydrogen-bond donors (Lipinski definition) is 1. The third-order valence-electron chi connectivity index (χ3n) is 2.87. The number of hydrogen-bond acceptors (Lipinski definition) is 2. The van der Waals surface area contributed by atoms with Crippen LogP contribution in [0, 0.1) is 17.1 Å². The van der Waals surface area contributed by atoms with Crippen LogP contribution in [0.5, 0.6) is 0 Å². The van der Waals surface area contributed by atoms with Gasteiger partial charge in [-0.3, -0.25) is 0 Å². The highest BCUT2D eigenvalue weighted by Gasteiger charge is 2.12. The van der Waals surface area contributed by atoms with Crippen LogP contribution in [0.15, 0.2) is 46.9 Å². The van der Waals surface area contributed by atoms with Crippen LogP contribution in [0.2, 0.25) is 0 Å². The van der Waals surface area contributed by atoms with Crippen molar-refractivity contribution in [2.24, 2.45) is 0 Å². The largest absolute Gasteiger partial charge is 0.388 e. The summed E-state index contributed by atoms with van der Waals surface area (Å²) in [6.45, 7) is 0. The van der Waals surface area contributed by atoms with E-state index < -0.39 is 6.10 Å². The fraction of sp³-hybridized carbons (Fsp3) is 0.133. The van der Waals surface area contributed by atoms with Crippen molar-refractivity contribution in [2.75, 3.05) is 0 Å². The molecule has 2 aromatic rings. The molecule has 0 saturated carbocycles. The average Bonchev–Trinajstić information content (AvgIpc) is 2.44. The van der Waals surface area contributed by atoms with E-state index in [9.17, 15) is 9.50 Å². The number of aliphatic hydroxyl groups excluding tert-OH is 1. The summed E-state index contributed by atoms with van der Waals surface area (Å²) in [4.78, 5) is 0. The molecule has 0 aliphatic carbocycles. The summed E-state index contributed by atoms with van der Waals surface area (Å²) >= 11 is 3.17. The van der Waals surface area contributed by atoms with Crippen LogP contribution in [-0.2, 0) is 6.42 Å². The zero-order chi connectivity index (χ0) is 13.8. The second kappa shape index (κ2) is 5.96. The molecule has 2 aromatic carbocycles. The van der Waals surface area contributed by atoms with Crippen molar-refractivity contribution in [3.05, 3.63) is 69.4 Å². The first-order chi connectivity index (χ1) is 9.11. The molecule has 0 aliphatic rings. The normalized spacial score (nSPS) is 11.9. The van der Waals surface area contributed by atoms with Gasteiger partial charge in [0.05, 0.1) is 22.2 Å². The van der Waals surface area contributed by atoms with Gasteiger partial charge in [0, 0.05) is 6.42 Å². The van der Waals surface area contributed by atoms with Gasteiger partial charge in [0.2, 0.25) is 0 Å². The van der Waals surface area contributed by atoms with Gasteiger partial charge in [-0.25, -0.2) is 4.39 Å². The van der Waals surface area contributed by atoms with E-state index in [-0.39, 0.29) is 5.82 Å². The van der Waals surface area contributed by atoms with Crippen molar-refractivity contribution in [3.63, 3.8) is 0 Å². The van der Waals surface area contributed by atoms with Crippen molar-refractivity contribution >= 4 is 15.9 Å². The molecule has 2 rings (SSSR count). The first kappa shape index (κ1) is 13.7. The quantitative estimate of drug-likeness (QED) is 0.936. The highest BCUT2D eigenvalue weighted by atomic mass is 79.9. The van der Waals surface area contributed by atoms with Crippen LogP contribution in [0.4, 0.5) is 4.39 Å². The van der Waals surface area contributed by atoms with Gasteiger partial charge in [0.25, 0.3) is 0 Å². The maximum atomic E-state index is 13.4. The Kier molecular flexibility index (Phi) is 4.31. The third kappa shape index (κ3) is 3.19.